The molecule has 1 aromatic carbocycles. The molecule has 3 N–H and O–H groups in total. The van der Waals surface area contributed by atoms with Crippen LogP contribution in [0.15, 0.2) is 30.3 Å². The molecule has 1 aliphatic rings. The fourth-order valence-corrected chi connectivity index (χ4v) is 2.82. The molecule has 22 heavy (non-hydrogen) atoms. The molecule has 2 amide bonds. The van der Waals surface area contributed by atoms with Crippen molar-refractivity contribution in [1.82, 2.24) is 10.6 Å². The molecule has 3 atom stereocenters. The van der Waals surface area contributed by atoms with Crippen LogP contribution in [0.3, 0.4) is 0 Å². The number of hydrogen-bond donors (Lipinski definition) is 3. The van der Waals surface area contributed by atoms with E-state index in [1.165, 1.54) is 5.56 Å². The minimum Gasteiger partial charge on any atom is -0.396 e. The van der Waals surface area contributed by atoms with Gasteiger partial charge in [0, 0.05) is 31.7 Å². The van der Waals surface area contributed by atoms with E-state index in [2.05, 4.69) is 22.8 Å². The lowest BCUT2D eigenvalue weighted by Gasteiger charge is -2.20. The number of hydrogen-bond acceptors (Lipinski definition) is 3. The number of benzene rings is 1. The summed E-state index contributed by atoms with van der Waals surface area (Å²) in [4.78, 5) is 11.9. The summed E-state index contributed by atoms with van der Waals surface area (Å²) in [5.41, 5.74) is 1.17. The topological polar surface area (TPSA) is 70.6 Å². The van der Waals surface area contributed by atoms with Gasteiger partial charge in [-0.1, -0.05) is 30.3 Å². The zero-order valence-electron chi connectivity index (χ0n) is 13.1. The van der Waals surface area contributed by atoms with E-state index in [9.17, 15) is 4.79 Å². The summed E-state index contributed by atoms with van der Waals surface area (Å²) < 4.78 is 5.82. The number of rotatable bonds is 7. The van der Waals surface area contributed by atoms with Crippen LogP contribution in [-0.2, 0) is 4.74 Å². The lowest BCUT2D eigenvalue weighted by Crippen LogP contribution is -2.42. The van der Waals surface area contributed by atoms with Crippen molar-refractivity contribution in [2.75, 3.05) is 19.8 Å². The third-order valence-corrected chi connectivity index (χ3v) is 4.04. The zero-order chi connectivity index (χ0) is 15.8. The molecule has 0 spiro atoms. The van der Waals surface area contributed by atoms with Gasteiger partial charge in [0.1, 0.15) is 0 Å². The Hall–Kier alpha value is -1.59. The van der Waals surface area contributed by atoms with Crippen LogP contribution in [-0.4, -0.2) is 36.9 Å². The van der Waals surface area contributed by atoms with E-state index >= 15 is 0 Å². The van der Waals surface area contributed by atoms with Crippen LogP contribution in [0.4, 0.5) is 4.79 Å². The lowest BCUT2D eigenvalue weighted by molar-refractivity contribution is 0.0909. The van der Waals surface area contributed by atoms with Gasteiger partial charge in [-0.05, 0) is 31.7 Å². The number of aliphatic hydroxyl groups is 1. The van der Waals surface area contributed by atoms with Crippen molar-refractivity contribution in [3.05, 3.63) is 35.9 Å². The highest BCUT2D eigenvalue weighted by molar-refractivity contribution is 5.74. The molecule has 1 heterocycles. The van der Waals surface area contributed by atoms with E-state index in [0.717, 1.165) is 19.4 Å². The van der Waals surface area contributed by atoms with Gasteiger partial charge in [0.2, 0.25) is 0 Å². The Kier molecular flexibility index (Phi) is 6.68. The predicted molar refractivity (Wildman–Crippen MR) is 85.6 cm³/mol. The maximum absolute atomic E-state index is 11.9. The van der Waals surface area contributed by atoms with E-state index < -0.39 is 0 Å². The highest BCUT2D eigenvalue weighted by Gasteiger charge is 2.29. The molecule has 0 radical (unpaired) electrons. The molecule has 1 aliphatic heterocycles. The molecular weight excluding hydrogens is 280 g/mol. The minimum atomic E-state index is -0.149. The molecule has 0 aliphatic carbocycles. The van der Waals surface area contributed by atoms with E-state index in [1.54, 1.807) is 0 Å². The Morgan fingerprint density at radius 3 is 2.91 bits per heavy atom. The number of ether oxygens (including phenoxy) is 1. The van der Waals surface area contributed by atoms with Crippen LogP contribution in [0, 0.1) is 5.92 Å². The number of urea groups is 1. The third kappa shape index (κ3) is 5.00. The van der Waals surface area contributed by atoms with E-state index in [1.807, 2.05) is 25.1 Å². The fraction of sp³-hybridized carbons (Fsp3) is 0.588. The normalized spacial score (nSPS) is 22.3. The average Bonchev–Trinajstić information content (AvgIpc) is 3.00. The Morgan fingerprint density at radius 2 is 2.18 bits per heavy atom. The Morgan fingerprint density at radius 1 is 1.41 bits per heavy atom. The zero-order valence-corrected chi connectivity index (χ0v) is 13.1. The molecule has 1 saturated heterocycles. The Labute approximate surface area is 132 Å². The average molecular weight is 306 g/mol. The van der Waals surface area contributed by atoms with Crippen molar-refractivity contribution in [2.24, 2.45) is 5.92 Å². The van der Waals surface area contributed by atoms with Crippen LogP contribution >= 0.6 is 0 Å². The molecule has 2 rings (SSSR count). The first kappa shape index (κ1) is 16.8. The number of aliphatic hydroxyl groups excluding tert-OH is 1. The standard InChI is InChI=1S/C17H26N2O3/c1-13(6-5-10-20)19-17(21)18-12-15-9-11-22-16(15)14-7-3-2-4-8-14/h2-4,7-8,13,15-16,20H,5-6,9-12H2,1H3,(H2,18,19,21)/t13-,15+,16+/m0/s1. The molecule has 5 nitrogen and oxygen atoms in total. The van der Waals surface area contributed by atoms with Crippen molar-refractivity contribution in [2.45, 2.75) is 38.3 Å². The summed E-state index contributed by atoms with van der Waals surface area (Å²) in [5.74, 6) is 0.306. The van der Waals surface area contributed by atoms with Gasteiger partial charge in [-0.15, -0.1) is 0 Å². The van der Waals surface area contributed by atoms with Gasteiger partial charge in [-0.2, -0.15) is 0 Å². The minimum absolute atomic E-state index is 0.0633. The van der Waals surface area contributed by atoms with Gasteiger partial charge in [-0.25, -0.2) is 4.79 Å². The lowest BCUT2D eigenvalue weighted by atomic mass is 9.95. The van der Waals surface area contributed by atoms with Crippen LogP contribution in [0.1, 0.15) is 37.9 Å². The van der Waals surface area contributed by atoms with Gasteiger partial charge in [0.05, 0.1) is 6.10 Å². The molecule has 1 fully saturated rings. The second-order valence-electron chi connectivity index (χ2n) is 5.87. The monoisotopic (exact) mass is 306 g/mol. The summed E-state index contributed by atoms with van der Waals surface area (Å²) in [6.07, 6.45) is 2.50. The van der Waals surface area contributed by atoms with Gasteiger partial charge in [-0.3, -0.25) is 0 Å². The summed E-state index contributed by atoms with van der Waals surface area (Å²) >= 11 is 0. The van der Waals surface area contributed by atoms with Gasteiger partial charge < -0.3 is 20.5 Å². The summed E-state index contributed by atoms with van der Waals surface area (Å²) in [6, 6.07) is 10.1. The predicted octanol–water partition coefficient (Wildman–Crippen LogP) is 2.22. The van der Waals surface area contributed by atoms with Gasteiger partial charge >= 0.3 is 6.03 Å². The molecule has 0 unspecified atom stereocenters. The highest BCUT2D eigenvalue weighted by atomic mass is 16.5. The first-order chi connectivity index (χ1) is 10.7. The number of carbonyl (C=O) groups is 1. The molecule has 0 bridgehead atoms. The van der Waals surface area contributed by atoms with Crippen LogP contribution in [0.25, 0.3) is 0 Å². The van der Waals surface area contributed by atoms with E-state index in [4.69, 9.17) is 9.84 Å². The number of nitrogens with one attached hydrogen (secondary N) is 2. The highest BCUT2D eigenvalue weighted by Crippen LogP contribution is 2.33. The summed E-state index contributed by atoms with van der Waals surface area (Å²) in [5, 5.41) is 14.6. The quantitative estimate of drug-likeness (QED) is 0.723. The molecule has 122 valence electrons. The summed E-state index contributed by atoms with van der Waals surface area (Å²) in [6.45, 7) is 3.45. The molecular formula is C17H26N2O3. The van der Waals surface area contributed by atoms with Crippen molar-refractivity contribution in [3.63, 3.8) is 0 Å². The van der Waals surface area contributed by atoms with Crippen LogP contribution in [0.2, 0.25) is 0 Å². The number of amides is 2. The van der Waals surface area contributed by atoms with Crippen LogP contribution < -0.4 is 10.6 Å². The fourth-order valence-electron chi connectivity index (χ4n) is 2.82. The smallest absolute Gasteiger partial charge is 0.315 e. The molecule has 5 heteroatoms. The Balaban J connectivity index is 1.77. The number of carbonyl (C=O) groups excluding carboxylic acids is 1. The molecule has 1 aromatic rings. The van der Waals surface area contributed by atoms with Gasteiger partial charge in [0.25, 0.3) is 0 Å². The van der Waals surface area contributed by atoms with Crippen molar-refractivity contribution in [3.8, 4) is 0 Å². The molecule has 0 saturated carbocycles. The Bertz CT molecular complexity index is 452. The van der Waals surface area contributed by atoms with Gasteiger partial charge in [0.15, 0.2) is 0 Å². The van der Waals surface area contributed by atoms with Crippen molar-refractivity contribution >= 4 is 6.03 Å². The second-order valence-corrected chi connectivity index (χ2v) is 5.87. The maximum Gasteiger partial charge on any atom is 0.315 e. The van der Waals surface area contributed by atoms with Crippen LogP contribution in [0.5, 0.6) is 0 Å². The molecule has 0 aromatic heterocycles. The SMILES string of the molecule is C[C@@H](CCCO)NC(=O)NC[C@H]1CCO[C@@H]1c1ccccc1. The van der Waals surface area contributed by atoms with E-state index in [0.29, 0.717) is 18.9 Å². The van der Waals surface area contributed by atoms with E-state index in [-0.39, 0.29) is 24.8 Å². The summed E-state index contributed by atoms with van der Waals surface area (Å²) in [7, 11) is 0. The first-order valence-electron chi connectivity index (χ1n) is 8.02. The first-order valence-corrected chi connectivity index (χ1v) is 8.02. The van der Waals surface area contributed by atoms with Crippen molar-refractivity contribution in [1.29, 1.82) is 0 Å². The van der Waals surface area contributed by atoms with Crippen molar-refractivity contribution < 1.29 is 14.6 Å². The largest absolute Gasteiger partial charge is 0.396 e. The third-order valence-electron chi connectivity index (χ3n) is 4.04. The maximum atomic E-state index is 11.9. The second kappa shape index (κ2) is 8.76.